The van der Waals surface area contributed by atoms with Gasteiger partial charge < -0.3 is 19.5 Å². The summed E-state index contributed by atoms with van der Waals surface area (Å²) in [6, 6.07) is 10.8. The number of piperidine rings is 1. The Morgan fingerprint density at radius 3 is 2.64 bits per heavy atom. The van der Waals surface area contributed by atoms with Crippen LogP contribution in [0.4, 0.5) is 16.3 Å². The number of carbonyl (C=O) groups excluding carboxylic acids is 2. The molecular weight excluding hydrogens is 424 g/mol. The van der Waals surface area contributed by atoms with Crippen LogP contribution in [0.5, 0.6) is 5.75 Å². The highest BCUT2D eigenvalue weighted by molar-refractivity contribution is 5.94. The first kappa shape index (κ1) is 21.0. The van der Waals surface area contributed by atoms with Gasteiger partial charge >= 0.3 is 6.03 Å². The van der Waals surface area contributed by atoms with Crippen LogP contribution in [-0.4, -0.2) is 52.0 Å². The zero-order valence-corrected chi connectivity index (χ0v) is 18.7. The lowest BCUT2D eigenvalue weighted by Gasteiger charge is -2.46. The molecule has 10 nitrogen and oxygen atoms in total. The van der Waals surface area contributed by atoms with Crippen LogP contribution in [-0.2, 0) is 16.9 Å². The van der Waals surface area contributed by atoms with Gasteiger partial charge in [-0.1, -0.05) is 5.16 Å². The Kier molecular flexibility index (Phi) is 5.27. The highest BCUT2D eigenvalue weighted by Crippen LogP contribution is 2.41. The molecule has 172 valence electrons. The van der Waals surface area contributed by atoms with Crippen molar-refractivity contribution in [3.05, 3.63) is 54.0 Å². The SMILES string of the molecule is COc1ccc(NC(=O)N2CCC3(CC2)CC(=O)N(Cc2cc(C)on2)c2ccnn23)cc1. The molecule has 2 aliphatic rings. The first-order valence-electron chi connectivity index (χ1n) is 10.9. The number of methoxy groups -OCH3 is 1. The maximum absolute atomic E-state index is 13.2. The van der Waals surface area contributed by atoms with Crippen LogP contribution in [0.2, 0.25) is 0 Å². The molecule has 3 amide bonds. The fraction of sp³-hybridized carbons (Fsp3) is 0.391. The van der Waals surface area contributed by atoms with Gasteiger partial charge in [0.05, 0.1) is 31.8 Å². The molecule has 0 saturated carbocycles. The number of aromatic nitrogens is 3. The standard InChI is InChI=1S/C23H26N6O4/c1-16-13-18(26-33-16)15-28-20-7-10-24-29(20)23(14-21(28)30)8-11-27(12-9-23)22(31)25-17-3-5-19(32-2)6-4-17/h3-7,10,13H,8-9,11-12,14-15H2,1-2H3,(H,25,31). The number of likely N-dealkylation sites (tertiary alicyclic amines) is 1. The molecule has 0 aliphatic carbocycles. The zero-order chi connectivity index (χ0) is 23.0. The van der Waals surface area contributed by atoms with Gasteiger partial charge in [-0.05, 0) is 44.0 Å². The lowest BCUT2D eigenvalue weighted by Crippen LogP contribution is -2.55. The molecule has 0 bridgehead atoms. The van der Waals surface area contributed by atoms with Crippen LogP contribution in [0.15, 0.2) is 47.1 Å². The summed E-state index contributed by atoms with van der Waals surface area (Å²) in [4.78, 5) is 29.4. The number of urea groups is 1. The van der Waals surface area contributed by atoms with Crippen LogP contribution in [0.1, 0.15) is 30.7 Å². The molecule has 10 heteroatoms. The normalized spacial score (nSPS) is 17.2. The Morgan fingerprint density at radius 1 is 1.21 bits per heavy atom. The van der Waals surface area contributed by atoms with E-state index in [1.807, 2.05) is 35.9 Å². The van der Waals surface area contributed by atoms with Crippen molar-refractivity contribution >= 4 is 23.4 Å². The highest BCUT2D eigenvalue weighted by Gasteiger charge is 2.46. The summed E-state index contributed by atoms with van der Waals surface area (Å²) in [6.07, 6.45) is 3.37. The predicted molar refractivity (Wildman–Crippen MR) is 120 cm³/mol. The van der Waals surface area contributed by atoms with E-state index in [1.54, 1.807) is 35.2 Å². The summed E-state index contributed by atoms with van der Waals surface area (Å²) >= 11 is 0. The molecule has 5 rings (SSSR count). The minimum Gasteiger partial charge on any atom is -0.497 e. The van der Waals surface area contributed by atoms with Crippen molar-refractivity contribution in [1.82, 2.24) is 19.8 Å². The van der Waals surface area contributed by atoms with Crippen molar-refractivity contribution in [2.24, 2.45) is 0 Å². The average molecular weight is 450 g/mol. The van der Waals surface area contributed by atoms with Crippen molar-refractivity contribution in [2.75, 3.05) is 30.4 Å². The summed E-state index contributed by atoms with van der Waals surface area (Å²) < 4.78 is 12.3. The van der Waals surface area contributed by atoms with E-state index < -0.39 is 5.54 Å². The largest absolute Gasteiger partial charge is 0.497 e. The van der Waals surface area contributed by atoms with E-state index in [9.17, 15) is 9.59 Å². The number of hydrogen-bond acceptors (Lipinski definition) is 6. The monoisotopic (exact) mass is 450 g/mol. The van der Waals surface area contributed by atoms with Gasteiger partial charge in [-0.2, -0.15) is 5.10 Å². The number of amides is 3. The number of anilines is 2. The van der Waals surface area contributed by atoms with E-state index in [2.05, 4.69) is 15.6 Å². The van der Waals surface area contributed by atoms with Gasteiger partial charge in [0.2, 0.25) is 5.91 Å². The molecule has 3 aromatic rings. The van der Waals surface area contributed by atoms with Crippen molar-refractivity contribution in [3.8, 4) is 5.75 Å². The summed E-state index contributed by atoms with van der Waals surface area (Å²) in [5.41, 5.74) is 0.986. The van der Waals surface area contributed by atoms with E-state index in [0.29, 0.717) is 56.0 Å². The van der Waals surface area contributed by atoms with Crippen molar-refractivity contribution in [1.29, 1.82) is 0 Å². The number of aryl methyl sites for hydroxylation is 1. The molecule has 0 unspecified atom stereocenters. The molecule has 1 N–H and O–H groups in total. The van der Waals surface area contributed by atoms with Gasteiger partial charge in [-0.25, -0.2) is 9.48 Å². The van der Waals surface area contributed by atoms with Crippen molar-refractivity contribution in [2.45, 2.75) is 38.3 Å². The number of ether oxygens (including phenoxy) is 1. The minimum absolute atomic E-state index is 0.0276. The molecule has 1 fully saturated rings. The second-order valence-electron chi connectivity index (χ2n) is 8.56. The van der Waals surface area contributed by atoms with Crippen LogP contribution in [0, 0.1) is 6.92 Å². The number of nitrogens with zero attached hydrogens (tertiary/aromatic N) is 5. The average Bonchev–Trinajstić information content (AvgIpc) is 3.47. The maximum Gasteiger partial charge on any atom is 0.321 e. The lowest BCUT2D eigenvalue weighted by molar-refractivity contribution is -0.123. The third-order valence-electron chi connectivity index (χ3n) is 6.45. The fourth-order valence-corrected chi connectivity index (χ4v) is 4.66. The van der Waals surface area contributed by atoms with Crippen molar-refractivity contribution in [3.63, 3.8) is 0 Å². The molecule has 4 heterocycles. The van der Waals surface area contributed by atoms with E-state index in [1.165, 1.54) is 0 Å². The molecule has 33 heavy (non-hydrogen) atoms. The Balaban J connectivity index is 1.28. The van der Waals surface area contributed by atoms with E-state index >= 15 is 0 Å². The molecule has 1 saturated heterocycles. The van der Waals surface area contributed by atoms with Crippen molar-refractivity contribution < 1.29 is 18.8 Å². The molecule has 0 radical (unpaired) electrons. The Labute approximate surface area is 191 Å². The highest BCUT2D eigenvalue weighted by atomic mass is 16.5. The molecular formula is C23H26N6O4. The van der Waals surface area contributed by atoms with Gasteiger partial charge in [-0.15, -0.1) is 0 Å². The number of nitrogens with one attached hydrogen (secondary N) is 1. The van der Waals surface area contributed by atoms with Crippen LogP contribution < -0.4 is 15.0 Å². The number of benzene rings is 1. The second-order valence-corrected chi connectivity index (χ2v) is 8.56. The Bertz CT molecular complexity index is 1160. The number of hydrogen-bond donors (Lipinski definition) is 1. The first-order chi connectivity index (χ1) is 16.0. The molecule has 2 aliphatic heterocycles. The summed E-state index contributed by atoms with van der Waals surface area (Å²) in [6.45, 7) is 3.24. The second kappa shape index (κ2) is 8.27. The van der Waals surface area contributed by atoms with E-state index in [4.69, 9.17) is 9.26 Å². The number of carbonyl (C=O) groups is 2. The predicted octanol–water partition coefficient (Wildman–Crippen LogP) is 3.15. The van der Waals surface area contributed by atoms with Gasteiger partial charge in [0, 0.05) is 30.9 Å². The third-order valence-corrected chi connectivity index (χ3v) is 6.45. The first-order valence-corrected chi connectivity index (χ1v) is 10.9. The molecule has 1 aromatic carbocycles. The number of fused-ring (bicyclic) bond motifs is 2. The third kappa shape index (κ3) is 3.92. The molecule has 2 aromatic heterocycles. The smallest absolute Gasteiger partial charge is 0.321 e. The van der Waals surface area contributed by atoms with Crippen LogP contribution in [0.3, 0.4) is 0 Å². The molecule has 1 spiro atoms. The summed E-state index contributed by atoms with van der Waals surface area (Å²) in [5.74, 6) is 2.22. The minimum atomic E-state index is -0.428. The molecule has 0 atom stereocenters. The summed E-state index contributed by atoms with van der Waals surface area (Å²) in [7, 11) is 1.60. The van der Waals surface area contributed by atoms with Crippen LogP contribution >= 0.6 is 0 Å². The van der Waals surface area contributed by atoms with Crippen LogP contribution in [0.25, 0.3) is 0 Å². The summed E-state index contributed by atoms with van der Waals surface area (Å²) in [5, 5.41) is 11.5. The van der Waals surface area contributed by atoms with Gasteiger partial charge in [0.25, 0.3) is 0 Å². The van der Waals surface area contributed by atoms with Gasteiger partial charge in [0.15, 0.2) is 0 Å². The fourth-order valence-electron chi connectivity index (χ4n) is 4.66. The Hall–Kier alpha value is -3.82. The Morgan fingerprint density at radius 2 is 1.97 bits per heavy atom. The van der Waals surface area contributed by atoms with Gasteiger partial charge in [0.1, 0.15) is 23.0 Å². The van der Waals surface area contributed by atoms with Gasteiger partial charge in [-0.3, -0.25) is 9.69 Å². The topological polar surface area (TPSA) is 106 Å². The lowest BCUT2D eigenvalue weighted by atomic mass is 9.82. The number of rotatable bonds is 4. The maximum atomic E-state index is 13.2. The van der Waals surface area contributed by atoms with E-state index in [-0.39, 0.29) is 11.9 Å². The van der Waals surface area contributed by atoms with E-state index in [0.717, 1.165) is 11.6 Å². The zero-order valence-electron chi connectivity index (χ0n) is 18.7. The quantitative estimate of drug-likeness (QED) is 0.655.